The molecule has 1 N–H and O–H groups in total. The second-order valence-electron chi connectivity index (χ2n) is 5.60. The van der Waals surface area contributed by atoms with Gasteiger partial charge in [-0.05, 0) is 37.8 Å². The van der Waals surface area contributed by atoms with Gasteiger partial charge in [0.15, 0.2) is 0 Å². The van der Waals surface area contributed by atoms with E-state index in [2.05, 4.69) is 15.6 Å². The molecule has 0 radical (unpaired) electrons. The number of nitrogens with zero attached hydrogens (tertiary/aromatic N) is 2. The number of para-hydroxylation sites is 2. The van der Waals surface area contributed by atoms with Gasteiger partial charge >= 0.3 is 0 Å². The van der Waals surface area contributed by atoms with Crippen molar-refractivity contribution in [2.45, 2.75) is 38.4 Å². The molecule has 0 bridgehead atoms. The second-order valence-corrected chi connectivity index (χ2v) is 5.60. The summed E-state index contributed by atoms with van der Waals surface area (Å²) in [4.78, 5) is 4.62. The van der Waals surface area contributed by atoms with Gasteiger partial charge in [-0.1, -0.05) is 12.1 Å². The van der Waals surface area contributed by atoms with Gasteiger partial charge in [-0.15, -0.1) is 0 Å². The summed E-state index contributed by atoms with van der Waals surface area (Å²) in [5.41, 5.74) is 2.09. The van der Waals surface area contributed by atoms with Crippen molar-refractivity contribution in [2.24, 2.45) is 13.0 Å². The van der Waals surface area contributed by atoms with Gasteiger partial charge in [0.05, 0.1) is 23.2 Å². The Bertz CT molecular complexity index is 589. The summed E-state index contributed by atoms with van der Waals surface area (Å²) in [6.07, 6.45) is 2.37. The summed E-state index contributed by atoms with van der Waals surface area (Å²) in [5, 5.41) is 10.5. The standard InChI is InChI=1S/C16H22N2O2/c1-3-20-16(11-8-9-11)14(19)10-15-17-12-6-4-5-7-13(12)18(15)2/h4-7,11,14,16,19H,3,8-10H2,1-2H3. The molecular formula is C16H22N2O2. The zero-order valence-electron chi connectivity index (χ0n) is 12.1. The highest BCUT2D eigenvalue weighted by molar-refractivity contribution is 5.75. The maximum Gasteiger partial charge on any atom is 0.112 e. The lowest BCUT2D eigenvalue weighted by atomic mass is 10.1. The van der Waals surface area contributed by atoms with Gasteiger partial charge in [0.1, 0.15) is 5.82 Å². The molecule has 0 amide bonds. The van der Waals surface area contributed by atoms with Gasteiger partial charge < -0.3 is 14.4 Å². The number of aliphatic hydroxyl groups is 1. The van der Waals surface area contributed by atoms with Gasteiger partial charge in [-0.3, -0.25) is 0 Å². The van der Waals surface area contributed by atoms with E-state index >= 15 is 0 Å². The number of imidazole rings is 1. The maximum absolute atomic E-state index is 10.5. The molecule has 3 rings (SSSR count). The largest absolute Gasteiger partial charge is 0.390 e. The molecule has 1 fully saturated rings. The van der Waals surface area contributed by atoms with Gasteiger partial charge in [0, 0.05) is 20.1 Å². The molecule has 1 aromatic carbocycles. The number of aromatic nitrogens is 2. The molecular weight excluding hydrogens is 252 g/mol. The smallest absolute Gasteiger partial charge is 0.112 e. The highest BCUT2D eigenvalue weighted by Gasteiger charge is 2.37. The average molecular weight is 274 g/mol. The van der Waals surface area contributed by atoms with Gasteiger partial charge in [0.25, 0.3) is 0 Å². The molecule has 2 unspecified atom stereocenters. The van der Waals surface area contributed by atoms with Crippen molar-refractivity contribution < 1.29 is 9.84 Å². The van der Waals surface area contributed by atoms with Crippen LogP contribution in [-0.2, 0) is 18.2 Å². The first-order valence-electron chi connectivity index (χ1n) is 7.40. The van der Waals surface area contributed by atoms with E-state index in [0.717, 1.165) is 16.9 Å². The van der Waals surface area contributed by atoms with Crippen LogP contribution in [0.15, 0.2) is 24.3 Å². The summed E-state index contributed by atoms with van der Waals surface area (Å²) in [7, 11) is 2.00. The van der Waals surface area contributed by atoms with Crippen molar-refractivity contribution in [3.05, 3.63) is 30.1 Å². The number of benzene rings is 1. The van der Waals surface area contributed by atoms with Gasteiger partial charge in [-0.25, -0.2) is 4.98 Å². The summed E-state index contributed by atoms with van der Waals surface area (Å²) in [5.74, 6) is 1.45. The Morgan fingerprint density at radius 1 is 1.40 bits per heavy atom. The van der Waals surface area contributed by atoms with Crippen molar-refractivity contribution in [3.63, 3.8) is 0 Å². The molecule has 1 heterocycles. The van der Waals surface area contributed by atoms with Crippen LogP contribution in [0.25, 0.3) is 11.0 Å². The number of rotatable bonds is 6. The zero-order chi connectivity index (χ0) is 14.1. The van der Waals surface area contributed by atoms with Gasteiger partial charge in [0.2, 0.25) is 0 Å². The highest BCUT2D eigenvalue weighted by Crippen LogP contribution is 2.36. The molecule has 4 heteroatoms. The van der Waals surface area contributed by atoms with Crippen molar-refractivity contribution >= 4 is 11.0 Å². The molecule has 1 aliphatic rings. The van der Waals surface area contributed by atoms with E-state index in [9.17, 15) is 5.11 Å². The normalized spacial score (nSPS) is 18.4. The Morgan fingerprint density at radius 3 is 2.80 bits per heavy atom. The molecule has 4 nitrogen and oxygen atoms in total. The van der Waals surface area contributed by atoms with Crippen LogP contribution in [0.3, 0.4) is 0 Å². The number of aliphatic hydroxyl groups excluding tert-OH is 1. The minimum atomic E-state index is -0.474. The zero-order valence-corrected chi connectivity index (χ0v) is 12.1. The SMILES string of the molecule is CCOC(C(O)Cc1nc2ccccc2n1C)C1CC1. The predicted octanol–water partition coefficient (Wildman–Crippen LogP) is 2.29. The Labute approximate surface area is 119 Å². The minimum absolute atomic E-state index is 0.0418. The number of hydrogen-bond acceptors (Lipinski definition) is 3. The first-order valence-corrected chi connectivity index (χ1v) is 7.40. The fourth-order valence-corrected chi connectivity index (χ4v) is 2.86. The summed E-state index contributed by atoms with van der Waals surface area (Å²) >= 11 is 0. The first kappa shape index (κ1) is 13.6. The van der Waals surface area contributed by atoms with Crippen LogP contribution in [0, 0.1) is 5.92 Å². The molecule has 1 aromatic heterocycles. The molecule has 0 spiro atoms. The van der Waals surface area contributed by atoms with Crippen LogP contribution in [0.2, 0.25) is 0 Å². The van der Waals surface area contributed by atoms with Crippen LogP contribution in [0.5, 0.6) is 0 Å². The van der Waals surface area contributed by atoms with Gasteiger partial charge in [-0.2, -0.15) is 0 Å². The Kier molecular flexibility index (Phi) is 3.76. The summed E-state index contributed by atoms with van der Waals surface area (Å²) in [6.45, 7) is 2.64. The minimum Gasteiger partial charge on any atom is -0.390 e. The lowest BCUT2D eigenvalue weighted by molar-refractivity contribution is -0.0448. The molecule has 1 saturated carbocycles. The average Bonchev–Trinajstić information content (AvgIpc) is 3.23. The van der Waals surface area contributed by atoms with E-state index in [1.807, 2.05) is 32.2 Å². The number of hydrogen-bond donors (Lipinski definition) is 1. The fraction of sp³-hybridized carbons (Fsp3) is 0.562. The predicted molar refractivity (Wildman–Crippen MR) is 78.6 cm³/mol. The van der Waals surface area contributed by atoms with Crippen molar-refractivity contribution in [1.29, 1.82) is 0 Å². The summed E-state index contributed by atoms with van der Waals surface area (Å²) in [6, 6.07) is 8.06. The van der Waals surface area contributed by atoms with Crippen molar-refractivity contribution in [2.75, 3.05) is 6.61 Å². The first-order chi connectivity index (χ1) is 9.70. The highest BCUT2D eigenvalue weighted by atomic mass is 16.5. The second kappa shape index (κ2) is 5.54. The molecule has 2 atom stereocenters. The number of ether oxygens (including phenoxy) is 1. The number of aryl methyl sites for hydroxylation is 1. The number of fused-ring (bicyclic) bond motifs is 1. The van der Waals surface area contributed by atoms with Crippen molar-refractivity contribution in [1.82, 2.24) is 9.55 Å². The molecule has 20 heavy (non-hydrogen) atoms. The Balaban J connectivity index is 1.79. The lowest BCUT2D eigenvalue weighted by Crippen LogP contribution is -2.33. The van der Waals surface area contributed by atoms with Crippen LogP contribution in [-0.4, -0.2) is 33.5 Å². The summed E-state index contributed by atoms with van der Waals surface area (Å²) < 4.78 is 7.79. The molecule has 0 aliphatic heterocycles. The molecule has 0 saturated heterocycles. The lowest BCUT2D eigenvalue weighted by Gasteiger charge is -2.22. The van der Waals surface area contributed by atoms with Crippen LogP contribution in [0.1, 0.15) is 25.6 Å². The van der Waals surface area contributed by atoms with E-state index in [0.29, 0.717) is 18.9 Å². The quantitative estimate of drug-likeness (QED) is 0.879. The van der Waals surface area contributed by atoms with E-state index < -0.39 is 6.10 Å². The topological polar surface area (TPSA) is 47.3 Å². The molecule has 1 aliphatic carbocycles. The Hall–Kier alpha value is -1.39. The Morgan fingerprint density at radius 2 is 2.15 bits per heavy atom. The van der Waals surface area contributed by atoms with E-state index in [4.69, 9.17) is 4.74 Å². The monoisotopic (exact) mass is 274 g/mol. The van der Waals surface area contributed by atoms with Crippen LogP contribution in [0.4, 0.5) is 0 Å². The van der Waals surface area contributed by atoms with E-state index in [1.54, 1.807) is 0 Å². The van der Waals surface area contributed by atoms with Crippen LogP contribution >= 0.6 is 0 Å². The fourth-order valence-electron chi connectivity index (χ4n) is 2.86. The molecule has 2 aromatic rings. The van der Waals surface area contributed by atoms with Crippen molar-refractivity contribution in [3.8, 4) is 0 Å². The molecule has 108 valence electrons. The van der Waals surface area contributed by atoms with E-state index in [1.165, 1.54) is 12.8 Å². The third-order valence-electron chi connectivity index (χ3n) is 4.10. The maximum atomic E-state index is 10.5. The third kappa shape index (κ3) is 2.58. The van der Waals surface area contributed by atoms with E-state index in [-0.39, 0.29) is 6.10 Å². The third-order valence-corrected chi connectivity index (χ3v) is 4.10. The van der Waals surface area contributed by atoms with Crippen LogP contribution < -0.4 is 0 Å².